The van der Waals surface area contributed by atoms with Crippen molar-refractivity contribution in [2.75, 3.05) is 0 Å². The number of pyridine rings is 2. The molecule has 0 amide bonds. The molecule has 35 heavy (non-hydrogen) atoms. The Morgan fingerprint density at radius 3 is 2.46 bits per heavy atom. The molecule has 8 heteroatoms. The molecule has 0 radical (unpaired) electrons. The number of rotatable bonds is 4. The SMILES string of the molecule is O=C1C(Sc2ccccn2)C(c2ccccc2)C2(c3ccc(Br)cc3)Oc3cc(Cl)cnc3C12O. The lowest BCUT2D eigenvalue weighted by molar-refractivity contribution is -0.151. The number of thioether (sulfide) groups is 1. The number of hydrogen-bond donors (Lipinski definition) is 1. The van der Waals surface area contributed by atoms with Gasteiger partial charge in [0.05, 0.1) is 21.2 Å². The van der Waals surface area contributed by atoms with Gasteiger partial charge in [-0.3, -0.25) is 9.78 Å². The minimum Gasteiger partial charge on any atom is -0.476 e. The Bertz CT molecular complexity index is 1420. The van der Waals surface area contributed by atoms with Crippen molar-refractivity contribution in [2.24, 2.45) is 0 Å². The van der Waals surface area contributed by atoms with Crippen LogP contribution in [0, 0.1) is 0 Å². The third-order valence-electron chi connectivity index (χ3n) is 6.64. The Kier molecular flexibility index (Phi) is 5.49. The standard InChI is InChI=1S/C27H18BrClN2O3S/c28-18-11-9-17(10-12-18)27-22(16-6-2-1-3-7-16)23(35-21-8-4-5-13-30-21)25(32)26(27,33)24-20(34-27)14-19(29)15-31-24/h1-15,22-23,33H. The summed E-state index contributed by atoms with van der Waals surface area (Å²) in [6.07, 6.45) is 3.12. The number of halogens is 2. The number of aliphatic hydroxyl groups is 1. The van der Waals surface area contributed by atoms with E-state index in [-0.39, 0.29) is 11.5 Å². The van der Waals surface area contributed by atoms with E-state index < -0.39 is 22.4 Å². The summed E-state index contributed by atoms with van der Waals surface area (Å²) < 4.78 is 7.54. The zero-order valence-corrected chi connectivity index (χ0v) is 21.3. The zero-order chi connectivity index (χ0) is 24.2. The maximum absolute atomic E-state index is 14.3. The third-order valence-corrected chi connectivity index (χ3v) is 8.60. The molecular weight excluding hydrogens is 548 g/mol. The highest BCUT2D eigenvalue weighted by molar-refractivity contribution is 9.10. The molecule has 3 heterocycles. The van der Waals surface area contributed by atoms with Gasteiger partial charge in [0.2, 0.25) is 5.60 Å². The second kappa shape index (κ2) is 8.45. The number of fused-ring (bicyclic) bond motifs is 3. The van der Waals surface area contributed by atoms with Crippen molar-refractivity contribution in [3.63, 3.8) is 0 Å². The maximum atomic E-state index is 14.3. The van der Waals surface area contributed by atoms with E-state index in [0.29, 0.717) is 21.4 Å². The number of hydrogen-bond acceptors (Lipinski definition) is 6. The molecular formula is C27H18BrClN2O3S. The Morgan fingerprint density at radius 2 is 1.74 bits per heavy atom. The quantitative estimate of drug-likeness (QED) is 0.332. The molecule has 0 bridgehead atoms. The van der Waals surface area contributed by atoms with Gasteiger partial charge in [0.1, 0.15) is 11.4 Å². The Balaban J connectivity index is 1.65. The van der Waals surface area contributed by atoms with Crippen molar-refractivity contribution in [1.29, 1.82) is 0 Å². The Labute approximate surface area is 219 Å². The predicted molar refractivity (Wildman–Crippen MR) is 138 cm³/mol. The molecule has 4 aromatic rings. The first-order chi connectivity index (χ1) is 16.9. The predicted octanol–water partition coefficient (Wildman–Crippen LogP) is 5.90. The summed E-state index contributed by atoms with van der Waals surface area (Å²) in [5.41, 5.74) is -1.78. The van der Waals surface area contributed by atoms with Crippen LogP contribution in [-0.4, -0.2) is 26.1 Å². The zero-order valence-electron chi connectivity index (χ0n) is 18.1. The molecule has 1 N–H and O–H groups in total. The highest BCUT2D eigenvalue weighted by Crippen LogP contribution is 2.67. The fourth-order valence-corrected chi connectivity index (χ4v) is 6.95. The van der Waals surface area contributed by atoms with Gasteiger partial charge in [-0.2, -0.15) is 0 Å². The van der Waals surface area contributed by atoms with Crippen LogP contribution in [0.3, 0.4) is 0 Å². The van der Waals surface area contributed by atoms with E-state index in [1.807, 2.05) is 72.8 Å². The second-order valence-corrected chi connectivity index (χ2v) is 11.0. The Hall–Kier alpha value is -2.71. The molecule has 2 aromatic heterocycles. The highest BCUT2D eigenvalue weighted by Gasteiger charge is 2.77. The molecule has 1 aliphatic heterocycles. The van der Waals surface area contributed by atoms with E-state index >= 15 is 0 Å². The first-order valence-corrected chi connectivity index (χ1v) is 13.0. The van der Waals surface area contributed by atoms with Gasteiger partial charge < -0.3 is 9.84 Å². The molecule has 1 fully saturated rings. The first kappa shape index (κ1) is 22.7. The second-order valence-electron chi connectivity index (χ2n) is 8.51. The minimum atomic E-state index is -2.03. The van der Waals surface area contributed by atoms with E-state index in [1.54, 1.807) is 12.3 Å². The first-order valence-electron chi connectivity index (χ1n) is 11.0. The van der Waals surface area contributed by atoms with Crippen molar-refractivity contribution in [2.45, 2.75) is 27.4 Å². The Morgan fingerprint density at radius 1 is 1.00 bits per heavy atom. The van der Waals surface area contributed by atoms with Crippen LogP contribution in [0.1, 0.15) is 22.7 Å². The van der Waals surface area contributed by atoms with E-state index in [9.17, 15) is 9.90 Å². The van der Waals surface area contributed by atoms with Crippen LogP contribution in [0.25, 0.3) is 0 Å². The van der Waals surface area contributed by atoms with Crippen molar-refractivity contribution >= 4 is 45.1 Å². The number of Topliss-reactive ketones (excluding diaryl/α,β-unsaturated/α-hetero) is 1. The van der Waals surface area contributed by atoms with Gasteiger partial charge in [-0.15, -0.1) is 0 Å². The van der Waals surface area contributed by atoms with Crippen LogP contribution in [0.2, 0.25) is 5.02 Å². The number of aromatic nitrogens is 2. The summed E-state index contributed by atoms with van der Waals surface area (Å²) in [7, 11) is 0. The molecule has 1 saturated carbocycles. The molecule has 1 aliphatic carbocycles. The number of ketones is 1. The van der Waals surface area contributed by atoms with E-state index in [0.717, 1.165) is 10.0 Å². The molecule has 2 aliphatic rings. The van der Waals surface area contributed by atoms with Gasteiger partial charge in [-0.1, -0.05) is 87.8 Å². The topological polar surface area (TPSA) is 72.3 Å². The van der Waals surface area contributed by atoms with Crippen LogP contribution in [-0.2, 0) is 16.0 Å². The number of benzene rings is 2. The molecule has 2 aromatic carbocycles. The minimum absolute atomic E-state index is 0.180. The smallest absolute Gasteiger partial charge is 0.214 e. The monoisotopic (exact) mass is 564 g/mol. The lowest BCUT2D eigenvalue weighted by Crippen LogP contribution is -2.51. The van der Waals surface area contributed by atoms with Gasteiger partial charge in [-0.05, 0) is 35.4 Å². The van der Waals surface area contributed by atoms with Crippen molar-refractivity contribution < 1.29 is 14.6 Å². The van der Waals surface area contributed by atoms with Crippen molar-refractivity contribution in [3.8, 4) is 5.75 Å². The summed E-state index contributed by atoms with van der Waals surface area (Å²) in [6, 6.07) is 24.4. The van der Waals surface area contributed by atoms with E-state index in [4.69, 9.17) is 16.3 Å². The van der Waals surface area contributed by atoms with Gasteiger partial charge in [0.15, 0.2) is 11.4 Å². The lowest BCUT2D eigenvalue weighted by atomic mass is 9.72. The molecule has 0 spiro atoms. The molecule has 4 atom stereocenters. The molecule has 0 saturated heterocycles. The highest BCUT2D eigenvalue weighted by atomic mass is 79.9. The number of carbonyl (C=O) groups is 1. The average molecular weight is 566 g/mol. The summed E-state index contributed by atoms with van der Waals surface area (Å²) in [6.45, 7) is 0. The van der Waals surface area contributed by atoms with E-state index in [2.05, 4.69) is 25.9 Å². The molecule has 6 rings (SSSR count). The third kappa shape index (κ3) is 3.29. The molecule has 5 nitrogen and oxygen atoms in total. The summed E-state index contributed by atoms with van der Waals surface area (Å²) >= 11 is 11.1. The van der Waals surface area contributed by atoms with E-state index in [1.165, 1.54) is 18.0 Å². The number of carbonyl (C=O) groups excluding carboxylic acids is 1. The number of ether oxygens (including phenoxy) is 1. The molecule has 4 unspecified atom stereocenters. The van der Waals surface area contributed by atoms with Gasteiger partial charge in [0, 0.05) is 22.9 Å². The fourth-order valence-electron chi connectivity index (χ4n) is 5.24. The van der Waals surface area contributed by atoms with Gasteiger partial charge >= 0.3 is 0 Å². The largest absolute Gasteiger partial charge is 0.476 e. The van der Waals surface area contributed by atoms with Crippen molar-refractivity contribution in [1.82, 2.24) is 9.97 Å². The summed E-state index contributed by atoms with van der Waals surface area (Å²) in [5, 5.41) is 12.8. The van der Waals surface area contributed by atoms with Crippen LogP contribution in [0.15, 0.2) is 101 Å². The molecule has 174 valence electrons. The van der Waals surface area contributed by atoms with Crippen LogP contribution in [0.5, 0.6) is 5.75 Å². The number of nitrogens with zero attached hydrogens (tertiary/aromatic N) is 2. The van der Waals surface area contributed by atoms with Crippen LogP contribution in [0.4, 0.5) is 0 Å². The maximum Gasteiger partial charge on any atom is 0.214 e. The van der Waals surface area contributed by atoms with Gasteiger partial charge in [-0.25, -0.2) is 4.98 Å². The average Bonchev–Trinajstić information content (AvgIpc) is 3.23. The van der Waals surface area contributed by atoms with Crippen LogP contribution >= 0.6 is 39.3 Å². The summed E-state index contributed by atoms with van der Waals surface area (Å²) in [4.78, 5) is 23.2. The summed E-state index contributed by atoms with van der Waals surface area (Å²) in [5.74, 6) is -0.626. The lowest BCUT2D eigenvalue weighted by Gasteiger charge is -2.39. The van der Waals surface area contributed by atoms with Crippen LogP contribution < -0.4 is 4.74 Å². The van der Waals surface area contributed by atoms with Gasteiger partial charge in [0.25, 0.3) is 0 Å². The van der Waals surface area contributed by atoms with Crippen molar-refractivity contribution in [3.05, 3.63) is 118 Å². The fraction of sp³-hybridized carbons (Fsp3) is 0.148. The normalized spacial score (nSPS) is 26.8.